The molecule has 102 valence electrons. The average Bonchev–Trinajstić information content (AvgIpc) is 2.48. The lowest BCUT2D eigenvalue weighted by molar-refractivity contribution is 0.309. The molecule has 0 aliphatic carbocycles. The van der Waals surface area contributed by atoms with Gasteiger partial charge < -0.3 is 10.5 Å². The first kappa shape index (κ1) is 13.8. The van der Waals surface area contributed by atoms with Gasteiger partial charge >= 0.3 is 0 Å². The van der Waals surface area contributed by atoms with Crippen molar-refractivity contribution in [3.63, 3.8) is 0 Å². The van der Waals surface area contributed by atoms with Crippen LogP contribution in [0.3, 0.4) is 0 Å². The Bertz CT molecular complexity index is 617. The molecule has 0 radical (unpaired) electrons. The van der Waals surface area contributed by atoms with E-state index in [2.05, 4.69) is 16.9 Å². The summed E-state index contributed by atoms with van der Waals surface area (Å²) in [6.45, 7) is 2.84. The van der Waals surface area contributed by atoms with Crippen LogP contribution in [0, 0.1) is 11.3 Å². The number of unbranched alkanes of at least 4 members (excludes halogenated alkanes) is 1. The molecule has 0 saturated heterocycles. The molecule has 0 saturated carbocycles. The molecule has 0 aliphatic rings. The van der Waals surface area contributed by atoms with Gasteiger partial charge in [0.15, 0.2) is 5.82 Å². The van der Waals surface area contributed by atoms with Crippen molar-refractivity contribution in [3.05, 3.63) is 36.0 Å². The smallest absolute Gasteiger partial charge is 0.161 e. The summed E-state index contributed by atoms with van der Waals surface area (Å²) in [5.74, 6) is 1.52. The van der Waals surface area contributed by atoms with Crippen molar-refractivity contribution in [2.45, 2.75) is 19.8 Å². The third-order valence-corrected chi connectivity index (χ3v) is 2.82. The van der Waals surface area contributed by atoms with Crippen LogP contribution in [-0.4, -0.2) is 16.6 Å². The van der Waals surface area contributed by atoms with E-state index in [9.17, 15) is 0 Å². The number of nitrogen functional groups attached to an aromatic ring is 1. The van der Waals surface area contributed by atoms with Gasteiger partial charge in [0.1, 0.15) is 23.2 Å². The van der Waals surface area contributed by atoms with E-state index in [1.54, 1.807) is 0 Å². The normalized spacial score (nSPS) is 10.0. The number of anilines is 1. The summed E-state index contributed by atoms with van der Waals surface area (Å²) in [7, 11) is 0. The molecule has 1 heterocycles. The third-order valence-electron chi connectivity index (χ3n) is 2.82. The molecule has 1 aromatic carbocycles. The zero-order chi connectivity index (χ0) is 14.4. The van der Waals surface area contributed by atoms with Gasteiger partial charge in [-0.3, -0.25) is 0 Å². The fourth-order valence-corrected chi connectivity index (χ4v) is 1.65. The highest BCUT2D eigenvalue weighted by molar-refractivity contribution is 5.60. The summed E-state index contributed by atoms with van der Waals surface area (Å²) in [5.41, 5.74) is 6.80. The number of ether oxygens (including phenoxy) is 1. The van der Waals surface area contributed by atoms with E-state index >= 15 is 0 Å². The van der Waals surface area contributed by atoms with Crippen LogP contribution in [0.1, 0.15) is 25.3 Å². The second kappa shape index (κ2) is 6.53. The van der Waals surface area contributed by atoms with Crippen LogP contribution in [0.2, 0.25) is 0 Å². The van der Waals surface area contributed by atoms with Gasteiger partial charge in [-0.1, -0.05) is 13.3 Å². The fourth-order valence-electron chi connectivity index (χ4n) is 1.65. The average molecular weight is 268 g/mol. The standard InChI is InChI=1S/C15H16N4O/c1-2-3-8-20-13-6-4-11(5-7-13)15-18-10-12(9-16)14(17)19-15/h4-7,10H,2-3,8H2,1H3,(H2,17,18,19). The summed E-state index contributed by atoms with van der Waals surface area (Å²) < 4.78 is 5.59. The predicted molar refractivity (Wildman–Crippen MR) is 77.0 cm³/mol. The minimum Gasteiger partial charge on any atom is -0.494 e. The zero-order valence-corrected chi connectivity index (χ0v) is 11.3. The molecule has 0 atom stereocenters. The number of aromatic nitrogens is 2. The fraction of sp³-hybridized carbons (Fsp3) is 0.267. The second-order valence-corrected chi connectivity index (χ2v) is 4.33. The van der Waals surface area contributed by atoms with Crippen molar-refractivity contribution in [1.29, 1.82) is 5.26 Å². The molecule has 0 unspecified atom stereocenters. The van der Waals surface area contributed by atoms with Crippen LogP contribution in [0.15, 0.2) is 30.5 Å². The summed E-state index contributed by atoms with van der Waals surface area (Å²) in [6.07, 6.45) is 3.58. The summed E-state index contributed by atoms with van der Waals surface area (Å²) in [6, 6.07) is 9.45. The first-order valence-corrected chi connectivity index (χ1v) is 6.50. The quantitative estimate of drug-likeness (QED) is 0.843. The second-order valence-electron chi connectivity index (χ2n) is 4.33. The first-order chi connectivity index (χ1) is 9.74. The van der Waals surface area contributed by atoms with Crippen molar-refractivity contribution in [3.8, 4) is 23.2 Å². The van der Waals surface area contributed by atoms with E-state index < -0.39 is 0 Å². The van der Waals surface area contributed by atoms with Gasteiger partial charge in [0, 0.05) is 5.56 Å². The maximum Gasteiger partial charge on any atom is 0.161 e. The monoisotopic (exact) mass is 268 g/mol. The Morgan fingerprint density at radius 1 is 1.30 bits per heavy atom. The Morgan fingerprint density at radius 2 is 2.05 bits per heavy atom. The maximum atomic E-state index is 8.79. The lowest BCUT2D eigenvalue weighted by Crippen LogP contribution is -1.99. The predicted octanol–water partition coefficient (Wildman–Crippen LogP) is 2.78. The topological polar surface area (TPSA) is 84.8 Å². The first-order valence-electron chi connectivity index (χ1n) is 6.50. The highest BCUT2D eigenvalue weighted by Gasteiger charge is 2.06. The van der Waals surface area contributed by atoms with E-state index in [0.29, 0.717) is 5.82 Å². The van der Waals surface area contributed by atoms with Gasteiger partial charge in [0.25, 0.3) is 0 Å². The van der Waals surface area contributed by atoms with Crippen LogP contribution in [-0.2, 0) is 0 Å². The van der Waals surface area contributed by atoms with Gasteiger partial charge in [-0.05, 0) is 30.7 Å². The van der Waals surface area contributed by atoms with E-state index in [-0.39, 0.29) is 11.4 Å². The molecule has 5 heteroatoms. The largest absolute Gasteiger partial charge is 0.494 e. The van der Waals surface area contributed by atoms with Crippen LogP contribution in [0.25, 0.3) is 11.4 Å². The van der Waals surface area contributed by atoms with Crippen molar-refractivity contribution in [2.75, 3.05) is 12.3 Å². The minimum absolute atomic E-state index is 0.195. The highest BCUT2D eigenvalue weighted by atomic mass is 16.5. The molecule has 2 N–H and O–H groups in total. The third kappa shape index (κ3) is 3.23. The van der Waals surface area contributed by atoms with Crippen LogP contribution < -0.4 is 10.5 Å². The van der Waals surface area contributed by atoms with Gasteiger partial charge in [-0.25, -0.2) is 9.97 Å². The summed E-state index contributed by atoms with van der Waals surface area (Å²) >= 11 is 0. The van der Waals surface area contributed by atoms with Crippen molar-refractivity contribution in [2.24, 2.45) is 0 Å². The highest BCUT2D eigenvalue weighted by Crippen LogP contribution is 2.20. The SMILES string of the molecule is CCCCOc1ccc(-c2ncc(C#N)c(N)n2)cc1. The van der Waals surface area contributed by atoms with Gasteiger partial charge in [0.2, 0.25) is 0 Å². The molecule has 5 nitrogen and oxygen atoms in total. The minimum atomic E-state index is 0.195. The van der Waals surface area contributed by atoms with Gasteiger partial charge in [0.05, 0.1) is 12.8 Å². The number of nitriles is 1. The Kier molecular flexibility index (Phi) is 4.51. The number of nitrogens with two attached hydrogens (primary N) is 1. The maximum absolute atomic E-state index is 8.79. The zero-order valence-electron chi connectivity index (χ0n) is 11.3. The van der Waals surface area contributed by atoms with Crippen LogP contribution in [0.5, 0.6) is 5.75 Å². The Hall–Kier alpha value is -2.61. The molecular weight excluding hydrogens is 252 g/mol. The molecule has 2 aromatic rings. The molecule has 0 spiro atoms. The van der Waals surface area contributed by atoms with Crippen molar-refractivity contribution < 1.29 is 4.74 Å². The number of hydrogen-bond acceptors (Lipinski definition) is 5. The lowest BCUT2D eigenvalue weighted by atomic mass is 10.2. The van der Waals surface area contributed by atoms with E-state index in [4.69, 9.17) is 15.7 Å². The Balaban J connectivity index is 2.14. The Labute approximate surface area is 118 Å². The van der Waals surface area contributed by atoms with E-state index in [1.807, 2.05) is 30.3 Å². The number of nitrogens with zero attached hydrogens (tertiary/aromatic N) is 3. The number of hydrogen-bond donors (Lipinski definition) is 1. The van der Waals surface area contributed by atoms with Gasteiger partial charge in [-0.15, -0.1) is 0 Å². The molecular formula is C15H16N4O. The number of rotatable bonds is 5. The van der Waals surface area contributed by atoms with Crippen molar-refractivity contribution >= 4 is 5.82 Å². The van der Waals surface area contributed by atoms with Crippen molar-refractivity contribution in [1.82, 2.24) is 9.97 Å². The summed E-state index contributed by atoms with van der Waals surface area (Å²) in [5, 5.41) is 8.79. The van der Waals surface area contributed by atoms with E-state index in [1.165, 1.54) is 6.20 Å². The van der Waals surface area contributed by atoms with Crippen LogP contribution >= 0.6 is 0 Å². The molecule has 0 amide bonds. The molecule has 20 heavy (non-hydrogen) atoms. The molecule has 0 bridgehead atoms. The lowest BCUT2D eigenvalue weighted by Gasteiger charge is -2.06. The summed E-state index contributed by atoms with van der Waals surface area (Å²) in [4.78, 5) is 8.25. The molecule has 0 fully saturated rings. The van der Waals surface area contributed by atoms with Gasteiger partial charge in [-0.2, -0.15) is 5.26 Å². The molecule has 2 rings (SSSR count). The van der Waals surface area contributed by atoms with Crippen LogP contribution in [0.4, 0.5) is 5.82 Å². The molecule has 1 aromatic heterocycles. The Morgan fingerprint density at radius 3 is 2.65 bits per heavy atom. The van der Waals surface area contributed by atoms with E-state index in [0.717, 1.165) is 30.8 Å². The number of benzene rings is 1. The molecule has 0 aliphatic heterocycles.